The van der Waals surface area contributed by atoms with E-state index in [2.05, 4.69) is 9.88 Å². The van der Waals surface area contributed by atoms with Gasteiger partial charge in [-0.3, -0.25) is 14.3 Å². The number of nitrogens with zero attached hydrogens (tertiary/aromatic N) is 3. The minimum atomic E-state index is -0.954. The number of piperidine rings is 1. The van der Waals surface area contributed by atoms with Crippen molar-refractivity contribution >= 4 is 21.6 Å². The Labute approximate surface area is 167 Å². The van der Waals surface area contributed by atoms with Crippen molar-refractivity contribution in [1.82, 2.24) is 14.5 Å². The number of aryl methyl sites for hydroxylation is 2. The monoisotopic (exact) mass is 401 g/mol. The van der Waals surface area contributed by atoms with Gasteiger partial charge in [-0.2, -0.15) is 0 Å². The Hall–Kier alpha value is -2.09. The maximum absolute atomic E-state index is 13.9. The summed E-state index contributed by atoms with van der Waals surface area (Å²) < 4.78 is 15.4. The lowest BCUT2D eigenvalue weighted by molar-refractivity contribution is -0.0366. The predicted molar refractivity (Wildman–Crippen MR) is 109 cm³/mol. The fourth-order valence-corrected chi connectivity index (χ4v) is 4.84. The van der Waals surface area contributed by atoms with Gasteiger partial charge < -0.3 is 5.11 Å². The molecule has 1 N–H and O–H groups in total. The Morgan fingerprint density at radius 2 is 1.96 bits per heavy atom. The van der Waals surface area contributed by atoms with Crippen molar-refractivity contribution in [2.45, 2.75) is 45.4 Å². The standard InChI is InChI=1S/C21H24FN3O2S/c1-14-15(2)28-19-18(14)20(26)25(13-23-19)12-21(27)7-9-24(10-8-21)11-16-5-3-4-6-17(16)22/h3-6,13,27H,7-12H2,1-2H3. The number of benzene rings is 1. The highest BCUT2D eigenvalue weighted by atomic mass is 32.1. The lowest BCUT2D eigenvalue weighted by atomic mass is 9.91. The number of hydrogen-bond acceptors (Lipinski definition) is 5. The van der Waals surface area contributed by atoms with Crippen molar-refractivity contribution in [2.24, 2.45) is 0 Å². The quantitative estimate of drug-likeness (QED) is 0.729. The fourth-order valence-electron chi connectivity index (χ4n) is 3.85. The molecule has 0 amide bonds. The van der Waals surface area contributed by atoms with Gasteiger partial charge in [-0.25, -0.2) is 9.37 Å². The molecule has 1 aromatic carbocycles. The second kappa shape index (κ2) is 7.39. The lowest BCUT2D eigenvalue weighted by Crippen LogP contribution is -2.47. The van der Waals surface area contributed by atoms with Gasteiger partial charge in [0.25, 0.3) is 5.56 Å². The molecule has 3 aromatic rings. The summed E-state index contributed by atoms with van der Waals surface area (Å²) in [5.41, 5.74) is 0.596. The van der Waals surface area contributed by atoms with Crippen molar-refractivity contribution < 1.29 is 9.50 Å². The van der Waals surface area contributed by atoms with Gasteiger partial charge in [0.1, 0.15) is 10.6 Å². The third-order valence-corrected chi connectivity index (χ3v) is 6.87. The maximum atomic E-state index is 13.9. The Balaban J connectivity index is 1.47. The van der Waals surface area contributed by atoms with Gasteiger partial charge in [-0.05, 0) is 38.3 Å². The normalized spacial score (nSPS) is 17.3. The first kappa shape index (κ1) is 19.2. The second-order valence-corrected chi connectivity index (χ2v) is 8.94. The highest BCUT2D eigenvalue weighted by Gasteiger charge is 2.33. The minimum Gasteiger partial charge on any atom is -0.388 e. The van der Waals surface area contributed by atoms with Crippen LogP contribution in [0.25, 0.3) is 10.2 Å². The number of halogens is 1. The minimum absolute atomic E-state index is 0.0888. The molecule has 1 aliphatic heterocycles. The maximum Gasteiger partial charge on any atom is 0.262 e. The van der Waals surface area contributed by atoms with E-state index in [0.717, 1.165) is 15.3 Å². The van der Waals surface area contributed by atoms with Crippen LogP contribution >= 0.6 is 11.3 Å². The molecule has 4 rings (SSSR count). The molecule has 1 aliphatic rings. The van der Waals surface area contributed by atoms with Gasteiger partial charge in [-0.1, -0.05) is 18.2 Å². The number of aromatic nitrogens is 2. The molecule has 2 aromatic heterocycles. The van der Waals surface area contributed by atoms with E-state index in [9.17, 15) is 14.3 Å². The zero-order valence-electron chi connectivity index (χ0n) is 16.1. The molecule has 0 radical (unpaired) electrons. The second-order valence-electron chi connectivity index (χ2n) is 7.73. The van der Waals surface area contributed by atoms with Gasteiger partial charge in [0.2, 0.25) is 0 Å². The van der Waals surface area contributed by atoms with Crippen LogP contribution in [0.2, 0.25) is 0 Å². The fraction of sp³-hybridized carbons (Fsp3) is 0.429. The molecule has 0 spiro atoms. The number of likely N-dealkylation sites (tertiary alicyclic amines) is 1. The molecule has 0 aliphatic carbocycles. The summed E-state index contributed by atoms with van der Waals surface area (Å²) in [5.74, 6) is -0.198. The predicted octanol–water partition coefficient (Wildman–Crippen LogP) is 3.24. The van der Waals surface area contributed by atoms with Crippen molar-refractivity contribution in [3.8, 4) is 0 Å². The molecule has 1 fully saturated rings. The average Bonchev–Trinajstić information content (AvgIpc) is 2.96. The van der Waals surface area contributed by atoms with Gasteiger partial charge in [0.15, 0.2) is 0 Å². The van der Waals surface area contributed by atoms with E-state index in [-0.39, 0.29) is 17.9 Å². The van der Waals surface area contributed by atoms with E-state index in [1.54, 1.807) is 18.5 Å². The summed E-state index contributed by atoms with van der Waals surface area (Å²) in [6.07, 6.45) is 2.62. The van der Waals surface area contributed by atoms with Crippen molar-refractivity contribution in [1.29, 1.82) is 0 Å². The van der Waals surface area contributed by atoms with Crippen molar-refractivity contribution in [3.63, 3.8) is 0 Å². The molecule has 5 nitrogen and oxygen atoms in total. The highest BCUT2D eigenvalue weighted by molar-refractivity contribution is 7.18. The SMILES string of the molecule is Cc1sc2ncn(CC3(O)CCN(Cc4ccccc4F)CC3)c(=O)c2c1C. The third kappa shape index (κ3) is 3.62. The van der Waals surface area contributed by atoms with Crippen LogP contribution in [0.3, 0.4) is 0 Å². The summed E-state index contributed by atoms with van der Waals surface area (Å²) in [4.78, 5) is 21.3. The summed E-state index contributed by atoms with van der Waals surface area (Å²) >= 11 is 1.52. The lowest BCUT2D eigenvalue weighted by Gasteiger charge is -2.38. The topological polar surface area (TPSA) is 58.4 Å². The van der Waals surface area contributed by atoms with Crippen molar-refractivity contribution in [2.75, 3.05) is 13.1 Å². The van der Waals surface area contributed by atoms with E-state index < -0.39 is 5.60 Å². The zero-order valence-corrected chi connectivity index (χ0v) is 16.9. The van der Waals surface area contributed by atoms with Crippen LogP contribution < -0.4 is 5.56 Å². The zero-order chi connectivity index (χ0) is 19.9. The van der Waals surface area contributed by atoms with Crippen molar-refractivity contribution in [3.05, 3.63) is 62.8 Å². The van der Waals surface area contributed by atoms with Crippen LogP contribution in [0.1, 0.15) is 28.8 Å². The van der Waals surface area contributed by atoms with Crippen LogP contribution in [0.5, 0.6) is 0 Å². The molecule has 0 atom stereocenters. The van der Waals surface area contributed by atoms with Gasteiger partial charge in [0.05, 0.1) is 23.9 Å². The van der Waals surface area contributed by atoms with Crippen LogP contribution in [0.4, 0.5) is 4.39 Å². The molecule has 0 unspecified atom stereocenters. The highest BCUT2D eigenvalue weighted by Crippen LogP contribution is 2.28. The smallest absolute Gasteiger partial charge is 0.262 e. The number of rotatable bonds is 4. The van der Waals surface area contributed by atoms with E-state index in [1.807, 2.05) is 19.9 Å². The molecular formula is C21H24FN3O2S. The average molecular weight is 402 g/mol. The molecule has 148 valence electrons. The largest absolute Gasteiger partial charge is 0.388 e. The molecule has 3 heterocycles. The van der Waals surface area contributed by atoms with Crippen LogP contribution in [-0.2, 0) is 13.1 Å². The van der Waals surface area contributed by atoms with E-state index in [4.69, 9.17) is 0 Å². The molecule has 0 bridgehead atoms. The van der Waals surface area contributed by atoms with Gasteiger partial charge >= 0.3 is 0 Å². The van der Waals surface area contributed by atoms with Crippen LogP contribution in [0.15, 0.2) is 35.4 Å². The summed E-state index contributed by atoms with van der Waals surface area (Å²) in [5, 5.41) is 11.7. The first-order chi connectivity index (χ1) is 13.4. The Bertz CT molecular complexity index is 1070. The number of thiophene rings is 1. The third-order valence-electron chi connectivity index (χ3n) is 5.76. The van der Waals surface area contributed by atoms with Gasteiger partial charge in [-0.15, -0.1) is 11.3 Å². The molecular weight excluding hydrogens is 377 g/mol. The van der Waals surface area contributed by atoms with E-state index >= 15 is 0 Å². The summed E-state index contributed by atoms with van der Waals surface area (Å²) in [7, 11) is 0. The van der Waals surface area contributed by atoms with Crippen LogP contribution in [0, 0.1) is 19.7 Å². The van der Waals surface area contributed by atoms with E-state index in [0.29, 0.717) is 43.4 Å². The first-order valence-electron chi connectivity index (χ1n) is 9.50. The Morgan fingerprint density at radius 3 is 2.68 bits per heavy atom. The molecule has 1 saturated heterocycles. The molecule has 28 heavy (non-hydrogen) atoms. The Morgan fingerprint density at radius 1 is 1.25 bits per heavy atom. The Kier molecular flexibility index (Phi) is 5.07. The number of hydrogen-bond donors (Lipinski definition) is 1. The first-order valence-corrected chi connectivity index (χ1v) is 10.3. The summed E-state index contributed by atoms with van der Waals surface area (Å²) in [6.45, 7) is 6.01. The number of aliphatic hydroxyl groups is 1. The molecule has 7 heteroatoms. The van der Waals surface area contributed by atoms with Gasteiger partial charge in [0, 0.05) is 30.1 Å². The molecule has 0 saturated carbocycles. The number of fused-ring (bicyclic) bond motifs is 1. The van der Waals surface area contributed by atoms with E-state index in [1.165, 1.54) is 22.0 Å². The summed E-state index contributed by atoms with van der Waals surface area (Å²) in [6, 6.07) is 6.79. The van der Waals surface area contributed by atoms with Crippen LogP contribution in [-0.4, -0.2) is 38.2 Å².